The summed E-state index contributed by atoms with van der Waals surface area (Å²) in [6.45, 7) is 3.85. The molecule has 0 radical (unpaired) electrons. The summed E-state index contributed by atoms with van der Waals surface area (Å²) in [5, 5.41) is 16.8. The minimum absolute atomic E-state index is 0.00755. The molecule has 1 fully saturated rings. The van der Waals surface area contributed by atoms with Gasteiger partial charge in [-0.15, -0.1) is 5.10 Å². The third-order valence-corrected chi connectivity index (χ3v) is 3.36. The van der Waals surface area contributed by atoms with Crippen molar-refractivity contribution >= 4 is 5.97 Å². The molecule has 1 aromatic heterocycles. The highest BCUT2D eigenvalue weighted by molar-refractivity contribution is 5.86. The second kappa shape index (κ2) is 4.44. The summed E-state index contributed by atoms with van der Waals surface area (Å²) in [4.78, 5) is 11.1. The fourth-order valence-corrected chi connectivity index (χ4v) is 2.02. The van der Waals surface area contributed by atoms with E-state index in [0.29, 0.717) is 11.6 Å². The van der Waals surface area contributed by atoms with E-state index in [4.69, 9.17) is 9.84 Å². The predicted octanol–water partition coefficient (Wildman–Crippen LogP) is 1.65. The van der Waals surface area contributed by atoms with Crippen molar-refractivity contribution in [3.05, 3.63) is 11.4 Å². The molecule has 1 heterocycles. The number of aromatic carboxylic acids is 1. The van der Waals surface area contributed by atoms with Gasteiger partial charge in [0, 0.05) is 7.11 Å². The summed E-state index contributed by atoms with van der Waals surface area (Å²) < 4.78 is 6.92. The fourth-order valence-electron chi connectivity index (χ4n) is 2.02. The van der Waals surface area contributed by atoms with Gasteiger partial charge in [-0.25, -0.2) is 9.48 Å². The minimum Gasteiger partial charge on any atom is -0.476 e. The Hall–Kier alpha value is -1.43. The first-order valence-electron chi connectivity index (χ1n) is 5.77. The van der Waals surface area contributed by atoms with Crippen LogP contribution >= 0.6 is 0 Å². The minimum atomic E-state index is -1.06. The summed E-state index contributed by atoms with van der Waals surface area (Å²) in [7, 11) is 1.55. The van der Waals surface area contributed by atoms with E-state index in [9.17, 15) is 4.79 Å². The molecule has 0 amide bonds. The second-order valence-electron chi connectivity index (χ2n) is 4.53. The van der Waals surface area contributed by atoms with Crippen molar-refractivity contribution in [3.8, 4) is 0 Å². The van der Waals surface area contributed by atoms with E-state index in [0.717, 1.165) is 0 Å². The summed E-state index contributed by atoms with van der Waals surface area (Å²) in [6, 6.07) is 0.184. The summed E-state index contributed by atoms with van der Waals surface area (Å²) in [6.07, 6.45) is 2.02. The molecule has 0 bridgehead atoms. The molecule has 2 rings (SSSR count). The highest BCUT2D eigenvalue weighted by Gasteiger charge is 2.34. The number of carbonyl (C=O) groups is 1. The molecule has 1 N–H and O–H groups in total. The van der Waals surface area contributed by atoms with E-state index in [-0.39, 0.29) is 17.8 Å². The van der Waals surface area contributed by atoms with Gasteiger partial charge in [-0.2, -0.15) is 0 Å². The Balaban J connectivity index is 2.40. The maximum atomic E-state index is 11.1. The van der Waals surface area contributed by atoms with Gasteiger partial charge in [0.15, 0.2) is 5.69 Å². The normalized spacial score (nSPS) is 19.0. The van der Waals surface area contributed by atoms with Gasteiger partial charge in [-0.1, -0.05) is 5.21 Å². The standard InChI is InChI=1S/C11H17N3O3/c1-6(8-4-5-8)14-10(7(2)17-3)9(11(15)16)12-13-14/h6-8H,4-5H2,1-3H3,(H,15,16). The van der Waals surface area contributed by atoms with Crippen LogP contribution in [0, 0.1) is 5.92 Å². The molecule has 17 heavy (non-hydrogen) atoms. The maximum absolute atomic E-state index is 11.1. The lowest BCUT2D eigenvalue weighted by molar-refractivity contribution is 0.0672. The van der Waals surface area contributed by atoms with Crippen LogP contribution in [0.2, 0.25) is 0 Å². The number of nitrogens with zero attached hydrogens (tertiary/aromatic N) is 3. The third-order valence-electron chi connectivity index (χ3n) is 3.36. The first-order chi connectivity index (χ1) is 8.06. The molecule has 94 valence electrons. The summed E-state index contributed by atoms with van der Waals surface area (Å²) in [5.74, 6) is -0.473. The zero-order chi connectivity index (χ0) is 12.6. The Morgan fingerprint density at radius 2 is 2.18 bits per heavy atom. The number of hydrogen-bond acceptors (Lipinski definition) is 4. The number of carboxylic acids is 1. The van der Waals surface area contributed by atoms with Crippen molar-refractivity contribution in [1.29, 1.82) is 0 Å². The SMILES string of the molecule is COC(C)c1c(C(=O)O)nnn1C(C)C1CC1. The average molecular weight is 239 g/mol. The van der Waals surface area contributed by atoms with Gasteiger partial charge in [0.05, 0.1) is 12.1 Å². The van der Waals surface area contributed by atoms with Gasteiger partial charge in [-0.05, 0) is 32.6 Å². The van der Waals surface area contributed by atoms with Crippen molar-refractivity contribution in [1.82, 2.24) is 15.0 Å². The van der Waals surface area contributed by atoms with E-state index in [2.05, 4.69) is 10.3 Å². The Bertz CT molecular complexity index is 426. The number of carboxylic acid groups (broad SMARTS) is 1. The van der Waals surface area contributed by atoms with Crippen LogP contribution < -0.4 is 0 Å². The molecular formula is C11H17N3O3. The Kier molecular flexibility index (Phi) is 3.15. The summed E-state index contributed by atoms with van der Waals surface area (Å²) >= 11 is 0. The van der Waals surface area contributed by atoms with Crippen molar-refractivity contribution in [2.45, 2.75) is 38.8 Å². The van der Waals surface area contributed by atoms with Crippen molar-refractivity contribution in [2.75, 3.05) is 7.11 Å². The molecule has 1 aliphatic carbocycles. The maximum Gasteiger partial charge on any atom is 0.358 e. The number of aromatic nitrogens is 3. The van der Waals surface area contributed by atoms with Crippen LogP contribution in [0.5, 0.6) is 0 Å². The smallest absolute Gasteiger partial charge is 0.358 e. The van der Waals surface area contributed by atoms with Crippen molar-refractivity contribution < 1.29 is 14.6 Å². The van der Waals surface area contributed by atoms with E-state index >= 15 is 0 Å². The first kappa shape index (κ1) is 12.0. The molecule has 6 nitrogen and oxygen atoms in total. The lowest BCUT2D eigenvalue weighted by atomic mass is 10.1. The third kappa shape index (κ3) is 2.17. The zero-order valence-electron chi connectivity index (χ0n) is 10.3. The molecule has 1 saturated carbocycles. The van der Waals surface area contributed by atoms with Crippen LogP contribution in [0.15, 0.2) is 0 Å². The largest absolute Gasteiger partial charge is 0.476 e. The quantitative estimate of drug-likeness (QED) is 0.845. The van der Waals surface area contributed by atoms with Crippen LogP contribution in [0.25, 0.3) is 0 Å². The van der Waals surface area contributed by atoms with Gasteiger partial charge < -0.3 is 9.84 Å². The average Bonchev–Trinajstić information content (AvgIpc) is 3.05. The monoisotopic (exact) mass is 239 g/mol. The van der Waals surface area contributed by atoms with E-state index in [1.165, 1.54) is 12.8 Å². The van der Waals surface area contributed by atoms with Crippen LogP contribution in [0.3, 0.4) is 0 Å². The highest BCUT2D eigenvalue weighted by atomic mass is 16.5. The van der Waals surface area contributed by atoms with Crippen molar-refractivity contribution in [3.63, 3.8) is 0 Å². The van der Waals surface area contributed by atoms with Gasteiger partial charge in [0.1, 0.15) is 5.69 Å². The van der Waals surface area contributed by atoms with Gasteiger partial charge in [0.25, 0.3) is 0 Å². The van der Waals surface area contributed by atoms with Gasteiger partial charge in [-0.3, -0.25) is 0 Å². The fraction of sp³-hybridized carbons (Fsp3) is 0.727. The molecule has 1 aliphatic rings. The lowest BCUT2D eigenvalue weighted by Gasteiger charge is -2.17. The molecule has 0 aliphatic heterocycles. The summed E-state index contributed by atoms with van der Waals surface area (Å²) in [5.41, 5.74) is 0.547. The number of methoxy groups -OCH3 is 1. The second-order valence-corrected chi connectivity index (χ2v) is 4.53. The Morgan fingerprint density at radius 3 is 2.65 bits per heavy atom. The number of rotatable bonds is 5. The molecule has 2 atom stereocenters. The molecule has 0 aromatic carbocycles. The van der Waals surface area contributed by atoms with Gasteiger partial charge in [0.2, 0.25) is 0 Å². The first-order valence-corrected chi connectivity index (χ1v) is 5.77. The number of ether oxygens (including phenoxy) is 1. The molecule has 0 spiro atoms. The molecule has 1 aromatic rings. The van der Waals surface area contributed by atoms with E-state index in [1.807, 2.05) is 6.92 Å². The topological polar surface area (TPSA) is 77.2 Å². The van der Waals surface area contributed by atoms with Crippen LogP contribution in [-0.4, -0.2) is 33.2 Å². The van der Waals surface area contributed by atoms with Crippen LogP contribution in [-0.2, 0) is 4.74 Å². The van der Waals surface area contributed by atoms with E-state index < -0.39 is 5.97 Å². The molecule has 6 heteroatoms. The zero-order valence-corrected chi connectivity index (χ0v) is 10.3. The van der Waals surface area contributed by atoms with E-state index in [1.54, 1.807) is 18.7 Å². The molecule has 2 unspecified atom stereocenters. The highest BCUT2D eigenvalue weighted by Crippen LogP contribution is 2.40. The van der Waals surface area contributed by atoms with Crippen LogP contribution in [0.1, 0.15) is 55.0 Å². The Morgan fingerprint density at radius 1 is 1.53 bits per heavy atom. The lowest BCUT2D eigenvalue weighted by Crippen LogP contribution is -2.17. The van der Waals surface area contributed by atoms with Crippen molar-refractivity contribution in [2.24, 2.45) is 5.92 Å². The molecule has 0 saturated heterocycles. The Labute approximate surface area is 99.6 Å². The molecular weight excluding hydrogens is 222 g/mol. The number of hydrogen-bond donors (Lipinski definition) is 1. The predicted molar refractivity (Wildman–Crippen MR) is 59.8 cm³/mol. The van der Waals surface area contributed by atoms with Crippen LogP contribution in [0.4, 0.5) is 0 Å². The van der Waals surface area contributed by atoms with Gasteiger partial charge >= 0.3 is 5.97 Å².